The van der Waals surface area contributed by atoms with Crippen LogP contribution in [0.15, 0.2) is 0 Å². The number of hydrogen-bond acceptors (Lipinski definition) is 4. The van der Waals surface area contributed by atoms with E-state index in [1.807, 2.05) is 14.0 Å². The molecule has 1 saturated heterocycles. The van der Waals surface area contributed by atoms with E-state index in [4.69, 9.17) is 0 Å². The summed E-state index contributed by atoms with van der Waals surface area (Å²) < 4.78 is 4.61. The molecule has 2 atom stereocenters. The van der Waals surface area contributed by atoms with Gasteiger partial charge in [-0.15, -0.1) is 0 Å². The first kappa shape index (κ1) is 13.2. The molecule has 0 amide bonds. The average molecular weight is 227 g/mol. The second-order valence-electron chi connectivity index (χ2n) is 5.03. The summed E-state index contributed by atoms with van der Waals surface area (Å²) in [7, 11) is 3.40. The molecule has 0 N–H and O–H groups in total. The highest BCUT2D eigenvalue weighted by Crippen LogP contribution is 2.32. The van der Waals surface area contributed by atoms with E-state index in [0.717, 1.165) is 6.54 Å². The minimum Gasteiger partial charge on any atom is -0.469 e. The van der Waals surface area contributed by atoms with Crippen LogP contribution in [0.3, 0.4) is 0 Å². The molecule has 0 aromatic heterocycles. The van der Waals surface area contributed by atoms with Crippen molar-refractivity contribution in [3.63, 3.8) is 0 Å². The lowest BCUT2D eigenvalue weighted by atomic mass is 9.75. The van der Waals surface area contributed by atoms with Crippen molar-refractivity contribution in [1.29, 1.82) is 0 Å². The summed E-state index contributed by atoms with van der Waals surface area (Å²) in [5.74, 6) is 0.0253. The Bertz CT molecular complexity index is 290. The Morgan fingerprint density at radius 1 is 1.62 bits per heavy atom. The Kier molecular flexibility index (Phi) is 4.08. The monoisotopic (exact) mass is 227 g/mol. The SMILES string of the molecule is COC(=O)CC[C@]1(C)CN(C)[C@@H](C)CC1=O. The standard InChI is InChI=1S/C12H21NO3/c1-9-7-10(14)12(2,8-13(9)3)6-5-11(15)16-4/h9H,5-8H2,1-4H3/t9-,12+/m0/s1. The third kappa shape index (κ3) is 2.82. The fraction of sp³-hybridized carbons (Fsp3) is 0.833. The fourth-order valence-electron chi connectivity index (χ4n) is 2.16. The number of nitrogens with zero attached hydrogens (tertiary/aromatic N) is 1. The molecule has 1 heterocycles. The van der Waals surface area contributed by atoms with Gasteiger partial charge < -0.3 is 9.64 Å². The molecule has 0 radical (unpaired) electrons. The van der Waals surface area contributed by atoms with Crippen LogP contribution >= 0.6 is 0 Å². The summed E-state index contributed by atoms with van der Waals surface area (Å²) >= 11 is 0. The van der Waals surface area contributed by atoms with Crippen LogP contribution in [-0.2, 0) is 14.3 Å². The maximum atomic E-state index is 12.0. The minimum atomic E-state index is -0.393. The van der Waals surface area contributed by atoms with Gasteiger partial charge in [0.25, 0.3) is 0 Å². The molecular weight excluding hydrogens is 206 g/mol. The lowest BCUT2D eigenvalue weighted by Crippen LogP contribution is -2.50. The fourth-order valence-corrected chi connectivity index (χ4v) is 2.16. The number of rotatable bonds is 3. The van der Waals surface area contributed by atoms with Crippen molar-refractivity contribution in [2.45, 2.75) is 39.2 Å². The Labute approximate surface area is 96.9 Å². The number of esters is 1. The largest absolute Gasteiger partial charge is 0.469 e. The van der Waals surface area contributed by atoms with Crippen molar-refractivity contribution in [3.05, 3.63) is 0 Å². The maximum Gasteiger partial charge on any atom is 0.305 e. The molecule has 0 aromatic rings. The van der Waals surface area contributed by atoms with E-state index in [1.54, 1.807) is 0 Å². The molecule has 4 heteroatoms. The maximum absolute atomic E-state index is 12.0. The lowest BCUT2D eigenvalue weighted by molar-refractivity contribution is -0.143. The first-order valence-electron chi connectivity index (χ1n) is 5.69. The average Bonchev–Trinajstić information content (AvgIpc) is 2.23. The predicted molar refractivity (Wildman–Crippen MR) is 61.1 cm³/mol. The van der Waals surface area contributed by atoms with E-state index in [9.17, 15) is 9.59 Å². The van der Waals surface area contributed by atoms with Crippen molar-refractivity contribution < 1.29 is 14.3 Å². The van der Waals surface area contributed by atoms with Crippen molar-refractivity contribution in [2.24, 2.45) is 5.41 Å². The molecular formula is C12H21NO3. The number of carbonyl (C=O) groups is 2. The highest BCUT2D eigenvalue weighted by molar-refractivity contribution is 5.86. The van der Waals surface area contributed by atoms with Gasteiger partial charge in [-0.25, -0.2) is 0 Å². The number of hydrogen-bond donors (Lipinski definition) is 0. The summed E-state index contributed by atoms with van der Waals surface area (Å²) in [5, 5.41) is 0. The van der Waals surface area contributed by atoms with Gasteiger partial charge in [0.1, 0.15) is 5.78 Å². The molecule has 0 aromatic carbocycles. The molecule has 1 fully saturated rings. The molecule has 0 spiro atoms. The zero-order valence-corrected chi connectivity index (χ0v) is 10.6. The highest BCUT2D eigenvalue weighted by atomic mass is 16.5. The van der Waals surface area contributed by atoms with Gasteiger partial charge in [-0.05, 0) is 20.4 Å². The number of Topliss-reactive ketones (excluding diaryl/α,β-unsaturated/α-hetero) is 1. The molecule has 0 unspecified atom stereocenters. The van der Waals surface area contributed by atoms with Gasteiger partial charge >= 0.3 is 5.97 Å². The summed E-state index contributed by atoms with van der Waals surface area (Å²) in [6, 6.07) is 0.304. The zero-order valence-electron chi connectivity index (χ0n) is 10.6. The summed E-state index contributed by atoms with van der Waals surface area (Å²) in [6.45, 7) is 4.72. The number of methoxy groups -OCH3 is 1. The van der Waals surface area contributed by atoms with Crippen LogP contribution in [0, 0.1) is 5.41 Å². The molecule has 92 valence electrons. The van der Waals surface area contributed by atoms with Crippen LogP contribution in [0.2, 0.25) is 0 Å². The minimum absolute atomic E-state index is 0.240. The van der Waals surface area contributed by atoms with Crippen molar-refractivity contribution in [2.75, 3.05) is 20.7 Å². The number of carbonyl (C=O) groups excluding carboxylic acids is 2. The molecule has 16 heavy (non-hydrogen) atoms. The van der Waals surface area contributed by atoms with Gasteiger partial charge in [0.05, 0.1) is 7.11 Å². The molecule has 0 bridgehead atoms. The second-order valence-corrected chi connectivity index (χ2v) is 5.03. The number of ether oxygens (including phenoxy) is 1. The van der Waals surface area contributed by atoms with Crippen LogP contribution < -0.4 is 0 Å². The Morgan fingerprint density at radius 3 is 2.81 bits per heavy atom. The summed E-state index contributed by atoms with van der Waals surface area (Å²) in [5.41, 5.74) is -0.393. The smallest absolute Gasteiger partial charge is 0.305 e. The molecule has 0 aliphatic carbocycles. The van der Waals surface area contributed by atoms with Crippen molar-refractivity contribution in [3.8, 4) is 0 Å². The van der Waals surface area contributed by atoms with Crippen LogP contribution in [0.4, 0.5) is 0 Å². The van der Waals surface area contributed by atoms with Gasteiger partial charge in [-0.1, -0.05) is 6.92 Å². The summed E-state index contributed by atoms with van der Waals surface area (Å²) in [4.78, 5) is 25.3. The molecule has 1 aliphatic heterocycles. The van der Waals surface area contributed by atoms with Crippen LogP contribution in [0.1, 0.15) is 33.1 Å². The summed E-state index contributed by atoms with van der Waals surface area (Å²) in [6.07, 6.45) is 1.48. The van der Waals surface area contributed by atoms with E-state index < -0.39 is 5.41 Å². The van der Waals surface area contributed by atoms with Crippen LogP contribution in [-0.4, -0.2) is 43.4 Å². The van der Waals surface area contributed by atoms with E-state index in [0.29, 0.717) is 25.3 Å². The molecule has 1 rings (SSSR count). The van der Waals surface area contributed by atoms with Gasteiger partial charge in [-0.2, -0.15) is 0 Å². The molecule has 1 aliphatic rings. The van der Waals surface area contributed by atoms with E-state index in [1.165, 1.54) is 7.11 Å². The van der Waals surface area contributed by atoms with Gasteiger partial charge in [0.15, 0.2) is 0 Å². The molecule has 0 saturated carbocycles. The van der Waals surface area contributed by atoms with Gasteiger partial charge in [0, 0.05) is 30.8 Å². The van der Waals surface area contributed by atoms with Crippen molar-refractivity contribution >= 4 is 11.8 Å². The highest BCUT2D eigenvalue weighted by Gasteiger charge is 2.40. The number of ketones is 1. The predicted octanol–water partition coefficient (Wildman–Crippen LogP) is 1.24. The van der Waals surface area contributed by atoms with E-state index >= 15 is 0 Å². The first-order valence-corrected chi connectivity index (χ1v) is 5.69. The zero-order chi connectivity index (χ0) is 12.3. The third-order valence-corrected chi connectivity index (χ3v) is 3.61. The Morgan fingerprint density at radius 2 is 2.25 bits per heavy atom. The first-order chi connectivity index (χ1) is 7.39. The normalized spacial score (nSPS) is 31.5. The van der Waals surface area contributed by atoms with Gasteiger partial charge in [0.2, 0.25) is 0 Å². The van der Waals surface area contributed by atoms with E-state index in [2.05, 4.69) is 16.6 Å². The van der Waals surface area contributed by atoms with Crippen molar-refractivity contribution in [1.82, 2.24) is 4.90 Å². The topological polar surface area (TPSA) is 46.6 Å². The second kappa shape index (κ2) is 4.95. The lowest BCUT2D eigenvalue weighted by Gasteiger charge is -2.41. The van der Waals surface area contributed by atoms with Gasteiger partial charge in [-0.3, -0.25) is 9.59 Å². The number of piperidine rings is 1. The Balaban J connectivity index is 2.61. The van der Waals surface area contributed by atoms with Crippen LogP contribution in [0.25, 0.3) is 0 Å². The molecule has 4 nitrogen and oxygen atoms in total. The third-order valence-electron chi connectivity index (χ3n) is 3.61. The quantitative estimate of drug-likeness (QED) is 0.681. The van der Waals surface area contributed by atoms with E-state index in [-0.39, 0.29) is 11.8 Å². The number of likely N-dealkylation sites (tertiary alicyclic amines) is 1. The Hall–Kier alpha value is -0.900. The van der Waals surface area contributed by atoms with Crippen LogP contribution in [0.5, 0.6) is 0 Å².